The second-order valence-electron chi connectivity index (χ2n) is 10.0. The van der Waals surface area contributed by atoms with Crippen molar-refractivity contribution in [2.45, 2.75) is 64.5 Å². The van der Waals surface area contributed by atoms with Gasteiger partial charge in [0.25, 0.3) is 0 Å². The highest BCUT2D eigenvalue weighted by Crippen LogP contribution is 2.29. The number of halogens is 2. The first-order valence-electron chi connectivity index (χ1n) is 12.1. The van der Waals surface area contributed by atoms with E-state index in [9.17, 15) is 9.90 Å². The van der Waals surface area contributed by atoms with Crippen LogP contribution in [0.15, 0.2) is 60.7 Å². The van der Waals surface area contributed by atoms with Crippen LogP contribution < -0.4 is 10.1 Å². The number of pyridine rings is 1. The van der Waals surface area contributed by atoms with Crippen molar-refractivity contribution in [1.82, 2.24) is 10.3 Å². The fourth-order valence-corrected chi connectivity index (χ4v) is 4.48. The highest BCUT2D eigenvalue weighted by molar-refractivity contribution is 5.86. The smallest absolute Gasteiger partial charge is 0.354 e. The zero-order chi connectivity index (χ0) is 24.1. The molecule has 36 heavy (non-hydrogen) atoms. The number of para-hydroxylation sites is 1. The number of aromatic nitrogens is 1. The van der Waals surface area contributed by atoms with Crippen LogP contribution in [0.4, 0.5) is 0 Å². The molecule has 1 unspecified atom stereocenters. The number of carboxylic acid groups (broad SMARTS) is 1. The van der Waals surface area contributed by atoms with E-state index in [0.717, 1.165) is 54.8 Å². The van der Waals surface area contributed by atoms with E-state index in [1.165, 1.54) is 11.1 Å². The first-order chi connectivity index (χ1) is 16.3. The van der Waals surface area contributed by atoms with Crippen molar-refractivity contribution in [2.75, 3.05) is 6.54 Å². The van der Waals surface area contributed by atoms with Gasteiger partial charge in [-0.3, -0.25) is 0 Å². The fourth-order valence-electron chi connectivity index (χ4n) is 4.48. The highest BCUT2D eigenvalue weighted by atomic mass is 35.5. The summed E-state index contributed by atoms with van der Waals surface area (Å²) in [6.07, 6.45) is 3.73. The van der Waals surface area contributed by atoms with E-state index < -0.39 is 5.97 Å². The van der Waals surface area contributed by atoms with E-state index in [2.05, 4.69) is 61.4 Å². The van der Waals surface area contributed by atoms with Crippen LogP contribution in [0.3, 0.4) is 0 Å². The Hall–Kier alpha value is -2.60. The van der Waals surface area contributed by atoms with Gasteiger partial charge in [0.15, 0.2) is 0 Å². The van der Waals surface area contributed by atoms with Crippen LogP contribution in [0.5, 0.6) is 5.75 Å². The summed E-state index contributed by atoms with van der Waals surface area (Å²) in [7, 11) is 0. The molecule has 4 rings (SSSR count). The van der Waals surface area contributed by atoms with Crippen molar-refractivity contribution >= 4 is 30.8 Å². The quantitative estimate of drug-likeness (QED) is 0.338. The number of carboxylic acids is 1. The molecular formula is C29H36Cl2N2O3. The SMILES string of the molecule is CC(C)(C)c1ccc(COc2ccccc2CCNC2CCCc3nc(C(=O)O)ccc32)cc1.Cl.Cl. The maximum absolute atomic E-state index is 11.2. The lowest BCUT2D eigenvalue weighted by Gasteiger charge is -2.26. The third kappa shape index (κ3) is 7.45. The van der Waals surface area contributed by atoms with E-state index in [-0.39, 0.29) is 42.0 Å². The Morgan fingerprint density at radius 3 is 2.47 bits per heavy atom. The molecule has 0 saturated carbocycles. The van der Waals surface area contributed by atoms with Gasteiger partial charge in [-0.15, -0.1) is 24.8 Å². The summed E-state index contributed by atoms with van der Waals surface area (Å²) in [6.45, 7) is 8.02. The summed E-state index contributed by atoms with van der Waals surface area (Å²) in [5.74, 6) is -0.0550. The van der Waals surface area contributed by atoms with Gasteiger partial charge in [-0.05, 0) is 72.0 Å². The predicted octanol–water partition coefficient (Wildman–Crippen LogP) is 6.71. The fraction of sp³-hybridized carbons (Fsp3) is 0.379. The van der Waals surface area contributed by atoms with Crippen LogP contribution in [0.1, 0.15) is 78.1 Å². The van der Waals surface area contributed by atoms with E-state index in [4.69, 9.17) is 4.74 Å². The minimum atomic E-state index is -0.973. The molecule has 0 amide bonds. The van der Waals surface area contributed by atoms with Gasteiger partial charge < -0.3 is 15.2 Å². The Balaban J connectivity index is 0.00000228. The Morgan fingerprint density at radius 2 is 1.78 bits per heavy atom. The first-order valence-corrected chi connectivity index (χ1v) is 12.1. The minimum Gasteiger partial charge on any atom is -0.489 e. The van der Waals surface area contributed by atoms with Gasteiger partial charge in [0.2, 0.25) is 0 Å². The third-order valence-corrected chi connectivity index (χ3v) is 6.48. The topological polar surface area (TPSA) is 71.5 Å². The summed E-state index contributed by atoms with van der Waals surface area (Å²) >= 11 is 0. The van der Waals surface area contributed by atoms with Gasteiger partial charge in [0, 0.05) is 11.7 Å². The molecule has 2 N–H and O–H groups in total. The molecule has 0 bridgehead atoms. The van der Waals surface area contributed by atoms with Crippen LogP contribution in [-0.4, -0.2) is 22.6 Å². The van der Waals surface area contributed by atoms with Gasteiger partial charge in [-0.2, -0.15) is 0 Å². The van der Waals surface area contributed by atoms with Gasteiger partial charge in [0.1, 0.15) is 18.1 Å². The molecule has 1 aliphatic carbocycles. The van der Waals surface area contributed by atoms with E-state index in [0.29, 0.717) is 6.61 Å². The molecule has 194 valence electrons. The maximum atomic E-state index is 11.2. The zero-order valence-corrected chi connectivity index (χ0v) is 22.8. The lowest BCUT2D eigenvalue weighted by atomic mass is 9.87. The van der Waals surface area contributed by atoms with Crippen molar-refractivity contribution < 1.29 is 14.6 Å². The number of fused-ring (bicyclic) bond motifs is 1. The number of carbonyl (C=O) groups is 1. The van der Waals surface area contributed by atoms with E-state index in [1.54, 1.807) is 6.07 Å². The normalized spacial score (nSPS) is 14.7. The Labute approximate surface area is 226 Å². The molecule has 0 saturated heterocycles. The number of ether oxygens (including phenoxy) is 1. The number of nitrogens with zero attached hydrogens (tertiary/aromatic N) is 1. The molecule has 1 aliphatic rings. The molecule has 1 aromatic heterocycles. The third-order valence-electron chi connectivity index (χ3n) is 6.48. The van der Waals surface area contributed by atoms with Crippen molar-refractivity contribution in [3.8, 4) is 5.75 Å². The average Bonchev–Trinajstić information content (AvgIpc) is 2.83. The Bertz CT molecular complexity index is 1140. The molecule has 0 aliphatic heterocycles. The van der Waals surface area contributed by atoms with Gasteiger partial charge in [-0.25, -0.2) is 9.78 Å². The number of hydrogen-bond donors (Lipinski definition) is 2. The monoisotopic (exact) mass is 530 g/mol. The lowest BCUT2D eigenvalue weighted by Crippen LogP contribution is -2.28. The molecule has 0 radical (unpaired) electrons. The summed E-state index contributed by atoms with van der Waals surface area (Å²) in [5.41, 5.74) is 5.96. The number of rotatable bonds is 8. The summed E-state index contributed by atoms with van der Waals surface area (Å²) in [4.78, 5) is 15.6. The van der Waals surface area contributed by atoms with Crippen LogP contribution in [-0.2, 0) is 24.9 Å². The van der Waals surface area contributed by atoms with Crippen molar-refractivity contribution in [1.29, 1.82) is 0 Å². The minimum absolute atomic E-state index is 0. The first kappa shape index (κ1) is 29.6. The largest absolute Gasteiger partial charge is 0.489 e. The van der Waals surface area contributed by atoms with Gasteiger partial charge in [0.05, 0.1) is 0 Å². The van der Waals surface area contributed by atoms with E-state index >= 15 is 0 Å². The summed E-state index contributed by atoms with van der Waals surface area (Å²) < 4.78 is 6.19. The van der Waals surface area contributed by atoms with Gasteiger partial charge >= 0.3 is 5.97 Å². The predicted molar refractivity (Wildman–Crippen MR) is 149 cm³/mol. The standard InChI is InChI=1S/C29H34N2O3.2ClH/c1-29(2,3)22-13-11-20(12-14-22)19-34-27-10-5-4-7-21(27)17-18-30-24-8-6-9-25-23(24)15-16-26(31-25)28(32)33;;/h4-5,7,10-16,24,30H,6,8-9,17-19H2,1-3H3,(H,32,33);2*1H. The average molecular weight is 532 g/mol. The number of aryl methyl sites for hydroxylation is 1. The van der Waals surface area contributed by atoms with Crippen molar-refractivity contribution in [3.05, 3.63) is 94.3 Å². The summed E-state index contributed by atoms with van der Waals surface area (Å²) in [5, 5.41) is 12.9. The molecule has 7 heteroatoms. The number of hydrogen-bond acceptors (Lipinski definition) is 4. The van der Waals surface area contributed by atoms with E-state index in [1.807, 2.05) is 24.3 Å². The van der Waals surface area contributed by atoms with Crippen LogP contribution in [0.25, 0.3) is 0 Å². The number of aromatic carboxylic acids is 1. The summed E-state index contributed by atoms with van der Waals surface area (Å²) in [6, 6.07) is 20.6. The Morgan fingerprint density at radius 1 is 1.06 bits per heavy atom. The van der Waals surface area contributed by atoms with Crippen molar-refractivity contribution in [3.63, 3.8) is 0 Å². The number of benzene rings is 2. The second kappa shape index (κ2) is 13.1. The van der Waals surface area contributed by atoms with Crippen molar-refractivity contribution in [2.24, 2.45) is 0 Å². The molecule has 1 heterocycles. The molecule has 1 atom stereocenters. The molecule has 2 aromatic carbocycles. The molecular weight excluding hydrogens is 495 g/mol. The highest BCUT2D eigenvalue weighted by Gasteiger charge is 2.22. The maximum Gasteiger partial charge on any atom is 0.354 e. The van der Waals surface area contributed by atoms with Crippen LogP contribution in [0, 0.1) is 0 Å². The zero-order valence-electron chi connectivity index (χ0n) is 21.1. The van der Waals surface area contributed by atoms with Gasteiger partial charge in [-0.1, -0.05) is 69.3 Å². The van der Waals surface area contributed by atoms with Crippen LogP contribution in [0.2, 0.25) is 0 Å². The molecule has 0 spiro atoms. The Kier molecular flexibility index (Phi) is 10.8. The molecule has 3 aromatic rings. The van der Waals surface area contributed by atoms with Crippen LogP contribution >= 0.6 is 24.8 Å². The number of nitrogens with one attached hydrogen (secondary N) is 1. The lowest BCUT2D eigenvalue weighted by molar-refractivity contribution is 0.0690. The molecule has 0 fully saturated rings. The second-order valence-corrected chi connectivity index (χ2v) is 10.0. The molecule has 5 nitrogen and oxygen atoms in total.